The summed E-state index contributed by atoms with van der Waals surface area (Å²) in [5.41, 5.74) is 0. The van der Waals surface area contributed by atoms with Crippen LogP contribution in [-0.4, -0.2) is 37.2 Å². The van der Waals surface area contributed by atoms with Gasteiger partial charge in [-0.25, -0.2) is 17.9 Å². The Kier molecular flexibility index (Phi) is 5.27. The molecule has 3 N–H and O–H groups in total. The van der Waals surface area contributed by atoms with Gasteiger partial charge in [0.05, 0.1) is 0 Å². The first-order valence-corrected chi connectivity index (χ1v) is 7.72. The number of thiophene rings is 1. The van der Waals surface area contributed by atoms with Crippen molar-refractivity contribution >= 4 is 27.3 Å². The molecule has 0 radical (unpaired) electrons. The van der Waals surface area contributed by atoms with Crippen LogP contribution in [0.2, 0.25) is 0 Å². The molecule has 0 saturated heterocycles. The third kappa shape index (κ3) is 3.52. The minimum absolute atomic E-state index is 0.129. The van der Waals surface area contributed by atoms with Crippen molar-refractivity contribution < 1.29 is 23.4 Å². The van der Waals surface area contributed by atoms with Crippen LogP contribution in [0.5, 0.6) is 0 Å². The third-order valence-electron chi connectivity index (χ3n) is 2.41. The second-order valence-electron chi connectivity index (χ2n) is 3.66. The van der Waals surface area contributed by atoms with Crippen LogP contribution in [0.4, 0.5) is 0 Å². The SMILES string of the molecule is CCC(CCO)NS(=O)(=O)c1ccsc1C(=O)O. The number of hydrogen-bond acceptors (Lipinski definition) is 5. The Morgan fingerprint density at radius 2 is 2.22 bits per heavy atom. The van der Waals surface area contributed by atoms with Crippen molar-refractivity contribution in [3.8, 4) is 0 Å². The number of aliphatic hydroxyl groups excluding tert-OH is 1. The number of aromatic carboxylic acids is 1. The van der Waals surface area contributed by atoms with Crippen molar-refractivity contribution in [3.63, 3.8) is 0 Å². The predicted molar refractivity (Wildman–Crippen MR) is 67.4 cm³/mol. The molecule has 8 heteroatoms. The third-order valence-corrected chi connectivity index (χ3v) is 5.00. The molecule has 0 amide bonds. The van der Waals surface area contributed by atoms with Gasteiger partial charge in [0, 0.05) is 12.6 Å². The van der Waals surface area contributed by atoms with Crippen molar-refractivity contribution in [2.24, 2.45) is 0 Å². The highest BCUT2D eigenvalue weighted by Gasteiger charge is 2.25. The van der Waals surface area contributed by atoms with E-state index in [1.165, 1.54) is 11.4 Å². The van der Waals surface area contributed by atoms with Gasteiger partial charge in [-0.3, -0.25) is 0 Å². The lowest BCUT2D eigenvalue weighted by atomic mass is 10.2. The fraction of sp³-hybridized carbons (Fsp3) is 0.500. The van der Waals surface area contributed by atoms with Crippen LogP contribution in [0, 0.1) is 0 Å². The Labute approximate surface area is 109 Å². The maximum Gasteiger partial charge on any atom is 0.347 e. The molecule has 0 aliphatic carbocycles. The standard InChI is InChI=1S/C10H15NO5S2/c1-2-7(3-5-12)11-18(15,16)8-4-6-17-9(8)10(13)14/h4,6-7,11-12H,2-3,5H2,1H3,(H,13,14). The Morgan fingerprint density at radius 1 is 1.56 bits per heavy atom. The van der Waals surface area contributed by atoms with Crippen LogP contribution in [0.15, 0.2) is 16.3 Å². The molecular formula is C10H15NO5S2. The summed E-state index contributed by atoms with van der Waals surface area (Å²) in [7, 11) is -3.86. The van der Waals surface area contributed by atoms with E-state index in [0.29, 0.717) is 12.8 Å². The molecule has 0 aliphatic heterocycles. The molecule has 0 spiro atoms. The fourth-order valence-corrected chi connectivity index (χ4v) is 4.06. The summed E-state index contributed by atoms with van der Waals surface area (Å²) in [6.07, 6.45) is 0.814. The van der Waals surface area contributed by atoms with Crippen molar-refractivity contribution in [2.75, 3.05) is 6.61 Å². The van der Waals surface area contributed by atoms with E-state index in [4.69, 9.17) is 10.2 Å². The van der Waals surface area contributed by atoms with Crippen LogP contribution in [0.1, 0.15) is 29.4 Å². The van der Waals surface area contributed by atoms with Crippen LogP contribution < -0.4 is 4.72 Å². The number of rotatable bonds is 7. The number of carboxylic acid groups (broad SMARTS) is 1. The van der Waals surface area contributed by atoms with Crippen LogP contribution in [-0.2, 0) is 10.0 Å². The molecule has 18 heavy (non-hydrogen) atoms. The summed E-state index contributed by atoms with van der Waals surface area (Å²) >= 11 is 0.864. The largest absolute Gasteiger partial charge is 0.477 e. The Balaban J connectivity index is 2.99. The quantitative estimate of drug-likeness (QED) is 0.692. The number of nitrogens with one attached hydrogen (secondary N) is 1. The summed E-state index contributed by atoms with van der Waals surface area (Å²) in [4.78, 5) is 10.5. The normalized spacial score (nSPS) is 13.4. The lowest BCUT2D eigenvalue weighted by molar-refractivity contribution is 0.0698. The van der Waals surface area contributed by atoms with E-state index in [9.17, 15) is 13.2 Å². The highest BCUT2D eigenvalue weighted by molar-refractivity contribution is 7.89. The van der Waals surface area contributed by atoms with Gasteiger partial charge in [-0.2, -0.15) is 0 Å². The highest BCUT2D eigenvalue weighted by atomic mass is 32.2. The predicted octanol–water partition coefficient (Wildman–Crippen LogP) is 0.886. The fourth-order valence-electron chi connectivity index (χ4n) is 1.45. The monoisotopic (exact) mass is 293 g/mol. The molecule has 1 unspecified atom stereocenters. The van der Waals surface area contributed by atoms with Gasteiger partial charge in [0.1, 0.15) is 9.77 Å². The van der Waals surface area contributed by atoms with E-state index in [2.05, 4.69) is 4.72 Å². The first-order chi connectivity index (χ1) is 8.42. The number of hydrogen-bond donors (Lipinski definition) is 3. The van der Waals surface area contributed by atoms with E-state index in [1.54, 1.807) is 6.92 Å². The molecule has 0 aromatic carbocycles. The highest BCUT2D eigenvalue weighted by Crippen LogP contribution is 2.22. The minimum atomic E-state index is -3.86. The van der Waals surface area contributed by atoms with Gasteiger partial charge in [0.15, 0.2) is 0 Å². The van der Waals surface area contributed by atoms with Crippen LogP contribution >= 0.6 is 11.3 Å². The number of aliphatic hydroxyl groups is 1. The molecule has 1 heterocycles. The van der Waals surface area contributed by atoms with Crippen molar-refractivity contribution in [1.29, 1.82) is 0 Å². The number of sulfonamides is 1. The van der Waals surface area contributed by atoms with Gasteiger partial charge in [0.25, 0.3) is 0 Å². The van der Waals surface area contributed by atoms with Crippen LogP contribution in [0.3, 0.4) is 0 Å². The first-order valence-electron chi connectivity index (χ1n) is 5.36. The molecule has 0 bridgehead atoms. The Morgan fingerprint density at radius 3 is 2.72 bits per heavy atom. The second kappa shape index (κ2) is 6.28. The Bertz CT molecular complexity index is 508. The van der Waals surface area contributed by atoms with E-state index < -0.39 is 22.0 Å². The summed E-state index contributed by atoms with van der Waals surface area (Å²) < 4.78 is 26.4. The van der Waals surface area contributed by atoms with E-state index in [1.807, 2.05) is 0 Å². The van der Waals surface area contributed by atoms with Gasteiger partial charge in [-0.15, -0.1) is 11.3 Å². The topological polar surface area (TPSA) is 104 Å². The first kappa shape index (κ1) is 15.1. The lowest BCUT2D eigenvalue weighted by Gasteiger charge is -2.15. The molecule has 0 saturated carbocycles. The lowest BCUT2D eigenvalue weighted by Crippen LogP contribution is -2.35. The average molecular weight is 293 g/mol. The molecule has 0 fully saturated rings. The van der Waals surface area contributed by atoms with E-state index in [-0.39, 0.29) is 16.4 Å². The molecular weight excluding hydrogens is 278 g/mol. The number of carbonyl (C=O) groups is 1. The summed E-state index contributed by atoms with van der Waals surface area (Å²) in [5.74, 6) is -1.26. The second-order valence-corrected chi connectivity index (χ2v) is 6.26. The molecule has 6 nitrogen and oxygen atoms in total. The smallest absolute Gasteiger partial charge is 0.347 e. The van der Waals surface area contributed by atoms with Gasteiger partial charge >= 0.3 is 5.97 Å². The maximum atomic E-state index is 12.0. The van der Waals surface area contributed by atoms with Crippen molar-refractivity contribution in [1.82, 2.24) is 4.72 Å². The zero-order valence-corrected chi connectivity index (χ0v) is 11.4. The summed E-state index contributed by atoms with van der Waals surface area (Å²) in [5, 5.41) is 19.1. The average Bonchev–Trinajstić information content (AvgIpc) is 2.77. The zero-order valence-electron chi connectivity index (χ0n) is 9.79. The molecule has 1 rings (SSSR count). The van der Waals surface area contributed by atoms with Gasteiger partial charge in [-0.05, 0) is 24.3 Å². The van der Waals surface area contributed by atoms with Gasteiger partial charge < -0.3 is 10.2 Å². The summed E-state index contributed by atoms with van der Waals surface area (Å²) in [6.45, 7) is 1.66. The molecule has 1 aromatic heterocycles. The van der Waals surface area contributed by atoms with E-state index in [0.717, 1.165) is 11.3 Å². The van der Waals surface area contributed by atoms with E-state index >= 15 is 0 Å². The van der Waals surface area contributed by atoms with Crippen molar-refractivity contribution in [2.45, 2.75) is 30.7 Å². The summed E-state index contributed by atoms with van der Waals surface area (Å²) in [6, 6.07) is 0.865. The maximum absolute atomic E-state index is 12.0. The Hall–Kier alpha value is -0.960. The van der Waals surface area contributed by atoms with Gasteiger partial charge in [-0.1, -0.05) is 6.92 Å². The minimum Gasteiger partial charge on any atom is -0.477 e. The zero-order chi connectivity index (χ0) is 13.8. The van der Waals surface area contributed by atoms with Crippen molar-refractivity contribution in [3.05, 3.63) is 16.3 Å². The molecule has 1 aromatic rings. The molecule has 102 valence electrons. The number of carboxylic acids is 1. The molecule has 0 aliphatic rings. The molecule has 1 atom stereocenters. The van der Waals surface area contributed by atoms with Crippen LogP contribution in [0.25, 0.3) is 0 Å². The van der Waals surface area contributed by atoms with Gasteiger partial charge in [0.2, 0.25) is 10.0 Å².